The first-order valence-corrected chi connectivity index (χ1v) is 10.2. The van der Waals surface area contributed by atoms with Gasteiger partial charge in [-0.15, -0.1) is 0 Å². The highest BCUT2D eigenvalue weighted by atomic mass is 35.5. The van der Waals surface area contributed by atoms with E-state index in [0.29, 0.717) is 36.7 Å². The van der Waals surface area contributed by atoms with Crippen LogP contribution in [0.2, 0.25) is 5.02 Å². The van der Waals surface area contributed by atoms with Crippen LogP contribution in [0.15, 0.2) is 39.6 Å². The molecule has 0 radical (unpaired) electrons. The van der Waals surface area contributed by atoms with Crippen molar-refractivity contribution < 1.29 is 17.6 Å². The SMILES string of the molecule is Cc1ccc(C(=O)NC2CCN(S(=O)(=O)c3ccc(C)c(Cl)c3)CC2)o1. The number of aryl methyl sites for hydroxylation is 2. The number of halogens is 1. The number of hydrogen-bond acceptors (Lipinski definition) is 4. The monoisotopic (exact) mass is 396 g/mol. The lowest BCUT2D eigenvalue weighted by atomic mass is 10.1. The molecule has 0 saturated carbocycles. The molecule has 26 heavy (non-hydrogen) atoms. The molecule has 8 heteroatoms. The lowest BCUT2D eigenvalue weighted by molar-refractivity contribution is 0.0894. The second-order valence-corrected chi connectivity index (χ2v) is 8.82. The first kappa shape index (κ1) is 18.9. The molecule has 0 unspecified atom stereocenters. The largest absolute Gasteiger partial charge is 0.456 e. The van der Waals surface area contributed by atoms with Crippen molar-refractivity contribution in [2.45, 2.75) is 37.6 Å². The number of rotatable bonds is 4. The Bertz CT molecular complexity index is 915. The zero-order valence-corrected chi connectivity index (χ0v) is 16.2. The van der Waals surface area contributed by atoms with E-state index >= 15 is 0 Å². The van der Waals surface area contributed by atoms with Crippen LogP contribution in [-0.4, -0.2) is 37.8 Å². The fourth-order valence-corrected chi connectivity index (χ4v) is 4.68. The number of furan rings is 1. The van der Waals surface area contributed by atoms with Crippen LogP contribution in [0.25, 0.3) is 0 Å². The van der Waals surface area contributed by atoms with Crippen molar-refractivity contribution in [1.29, 1.82) is 0 Å². The van der Waals surface area contributed by atoms with E-state index in [1.807, 2.05) is 6.92 Å². The van der Waals surface area contributed by atoms with Gasteiger partial charge in [0.05, 0.1) is 4.90 Å². The van der Waals surface area contributed by atoms with Gasteiger partial charge >= 0.3 is 0 Å². The third kappa shape index (κ3) is 3.95. The predicted octanol–water partition coefficient (Wildman–Crippen LogP) is 3.13. The smallest absolute Gasteiger partial charge is 0.287 e. The molecule has 140 valence electrons. The van der Waals surface area contributed by atoms with Crippen LogP contribution in [0.5, 0.6) is 0 Å². The molecule has 0 bridgehead atoms. The summed E-state index contributed by atoms with van der Waals surface area (Å²) >= 11 is 6.06. The molecule has 0 atom stereocenters. The molecule has 1 saturated heterocycles. The zero-order chi connectivity index (χ0) is 18.9. The van der Waals surface area contributed by atoms with Crippen LogP contribution in [0.4, 0.5) is 0 Å². The van der Waals surface area contributed by atoms with Crippen LogP contribution in [0.3, 0.4) is 0 Å². The van der Waals surface area contributed by atoms with Crippen molar-refractivity contribution in [1.82, 2.24) is 9.62 Å². The molecule has 0 spiro atoms. The minimum absolute atomic E-state index is 0.0824. The van der Waals surface area contributed by atoms with Crippen LogP contribution >= 0.6 is 11.6 Å². The van der Waals surface area contributed by atoms with E-state index in [9.17, 15) is 13.2 Å². The van der Waals surface area contributed by atoms with Crippen LogP contribution < -0.4 is 5.32 Å². The fraction of sp³-hybridized carbons (Fsp3) is 0.389. The second-order valence-electron chi connectivity index (χ2n) is 6.47. The molecule has 2 heterocycles. The Morgan fingerprint density at radius 2 is 1.88 bits per heavy atom. The first-order valence-electron chi connectivity index (χ1n) is 8.41. The van der Waals surface area contributed by atoms with Crippen molar-refractivity contribution in [3.8, 4) is 0 Å². The topological polar surface area (TPSA) is 79.6 Å². The Morgan fingerprint density at radius 1 is 1.19 bits per heavy atom. The fourth-order valence-electron chi connectivity index (χ4n) is 2.94. The van der Waals surface area contributed by atoms with Gasteiger partial charge in [-0.3, -0.25) is 4.79 Å². The normalized spacial score (nSPS) is 16.6. The summed E-state index contributed by atoms with van der Waals surface area (Å²) in [5.74, 6) is 0.671. The van der Waals surface area contributed by atoms with E-state index in [-0.39, 0.29) is 22.6 Å². The summed E-state index contributed by atoms with van der Waals surface area (Å²) in [6.07, 6.45) is 1.09. The average molecular weight is 397 g/mol. The minimum Gasteiger partial charge on any atom is -0.456 e. The summed E-state index contributed by atoms with van der Waals surface area (Å²) in [6.45, 7) is 4.29. The molecule has 2 aromatic rings. The Balaban J connectivity index is 1.62. The Kier molecular flexibility index (Phi) is 5.41. The summed E-state index contributed by atoms with van der Waals surface area (Å²) in [5.41, 5.74) is 0.834. The summed E-state index contributed by atoms with van der Waals surface area (Å²) in [7, 11) is -3.58. The highest BCUT2D eigenvalue weighted by Gasteiger charge is 2.30. The molecule has 6 nitrogen and oxygen atoms in total. The molecule has 1 aromatic heterocycles. The van der Waals surface area contributed by atoms with Gasteiger partial charge in [-0.25, -0.2) is 8.42 Å². The maximum atomic E-state index is 12.8. The molecule has 1 fully saturated rings. The number of nitrogens with one attached hydrogen (secondary N) is 1. The number of carbonyl (C=O) groups is 1. The number of benzene rings is 1. The van der Waals surface area contributed by atoms with Crippen molar-refractivity contribution in [2.24, 2.45) is 0 Å². The van der Waals surface area contributed by atoms with E-state index in [4.69, 9.17) is 16.0 Å². The van der Waals surface area contributed by atoms with Crippen molar-refractivity contribution in [3.05, 3.63) is 52.4 Å². The molecule has 0 aliphatic carbocycles. The zero-order valence-electron chi connectivity index (χ0n) is 14.7. The maximum Gasteiger partial charge on any atom is 0.287 e. The summed E-state index contributed by atoms with van der Waals surface area (Å²) in [4.78, 5) is 12.3. The predicted molar refractivity (Wildman–Crippen MR) is 98.9 cm³/mol. The van der Waals surface area contributed by atoms with Crippen LogP contribution in [-0.2, 0) is 10.0 Å². The lowest BCUT2D eigenvalue weighted by Crippen LogP contribution is -2.46. The standard InChI is InChI=1S/C18H21ClN2O4S/c1-12-3-5-15(11-16(12)19)26(23,24)21-9-7-14(8-10-21)20-18(22)17-6-4-13(2)25-17/h3-6,11,14H,7-10H2,1-2H3,(H,20,22). The number of amides is 1. The van der Waals surface area contributed by atoms with Crippen LogP contribution in [0.1, 0.15) is 34.7 Å². The van der Waals surface area contributed by atoms with Gasteiger partial charge in [-0.2, -0.15) is 4.31 Å². The van der Waals surface area contributed by atoms with Gasteiger partial charge in [0.25, 0.3) is 5.91 Å². The molecule has 1 aliphatic heterocycles. The molecule has 3 rings (SSSR count). The lowest BCUT2D eigenvalue weighted by Gasteiger charge is -2.31. The van der Waals surface area contributed by atoms with Gasteiger partial charge in [-0.1, -0.05) is 17.7 Å². The third-order valence-electron chi connectivity index (χ3n) is 4.53. The molecule has 1 aliphatic rings. The van der Waals surface area contributed by atoms with E-state index in [1.165, 1.54) is 10.4 Å². The summed E-state index contributed by atoms with van der Waals surface area (Å²) in [6, 6.07) is 8.04. The Labute approximate surface area is 158 Å². The third-order valence-corrected chi connectivity index (χ3v) is 6.84. The number of hydrogen-bond donors (Lipinski definition) is 1. The molecule has 1 aromatic carbocycles. The quantitative estimate of drug-likeness (QED) is 0.860. The molecular weight excluding hydrogens is 376 g/mol. The van der Waals surface area contributed by atoms with Gasteiger partial charge in [0, 0.05) is 24.2 Å². The van der Waals surface area contributed by atoms with E-state index < -0.39 is 10.0 Å². The first-order chi connectivity index (χ1) is 12.3. The Morgan fingerprint density at radius 3 is 2.46 bits per heavy atom. The number of carbonyl (C=O) groups excluding carboxylic acids is 1. The highest BCUT2D eigenvalue weighted by molar-refractivity contribution is 7.89. The van der Waals surface area contributed by atoms with Crippen molar-refractivity contribution >= 4 is 27.5 Å². The van der Waals surface area contributed by atoms with Gasteiger partial charge < -0.3 is 9.73 Å². The van der Waals surface area contributed by atoms with Crippen LogP contribution in [0, 0.1) is 13.8 Å². The number of sulfonamides is 1. The van der Waals surface area contributed by atoms with E-state index in [2.05, 4.69) is 5.32 Å². The maximum absolute atomic E-state index is 12.8. The Hall–Kier alpha value is -1.83. The molecule has 1 N–H and O–H groups in total. The average Bonchev–Trinajstić information content (AvgIpc) is 3.04. The van der Waals surface area contributed by atoms with Gasteiger partial charge in [0.2, 0.25) is 10.0 Å². The van der Waals surface area contributed by atoms with E-state index in [0.717, 1.165) is 5.56 Å². The molecular formula is C18H21ClN2O4S. The van der Waals surface area contributed by atoms with Crippen molar-refractivity contribution in [3.63, 3.8) is 0 Å². The van der Waals surface area contributed by atoms with Gasteiger partial charge in [-0.05, 0) is 56.5 Å². The second kappa shape index (κ2) is 7.42. The number of nitrogens with zero attached hydrogens (tertiary/aromatic N) is 1. The van der Waals surface area contributed by atoms with Gasteiger partial charge in [0.15, 0.2) is 5.76 Å². The van der Waals surface area contributed by atoms with E-state index in [1.54, 1.807) is 31.2 Å². The van der Waals surface area contributed by atoms with Gasteiger partial charge in [0.1, 0.15) is 5.76 Å². The molecule has 1 amide bonds. The highest BCUT2D eigenvalue weighted by Crippen LogP contribution is 2.25. The van der Waals surface area contributed by atoms with Crippen molar-refractivity contribution in [2.75, 3.05) is 13.1 Å². The summed E-state index contributed by atoms with van der Waals surface area (Å²) < 4.78 is 32.3. The number of piperidine rings is 1. The summed E-state index contributed by atoms with van der Waals surface area (Å²) in [5, 5.41) is 3.33. The minimum atomic E-state index is -3.58.